The molecule has 3 nitrogen and oxygen atoms in total. The van der Waals surface area contributed by atoms with Gasteiger partial charge in [0.15, 0.2) is 0 Å². The van der Waals surface area contributed by atoms with Gasteiger partial charge in [-0.15, -0.1) is 0 Å². The van der Waals surface area contributed by atoms with Crippen LogP contribution in [0.3, 0.4) is 0 Å². The van der Waals surface area contributed by atoms with Crippen molar-refractivity contribution in [3.8, 4) is 0 Å². The molecule has 16 heavy (non-hydrogen) atoms. The van der Waals surface area contributed by atoms with Gasteiger partial charge in [-0.1, -0.05) is 20.8 Å². The second-order valence-corrected chi connectivity index (χ2v) is 6.06. The summed E-state index contributed by atoms with van der Waals surface area (Å²) in [5.41, 5.74) is 0.320. The first-order valence-electron chi connectivity index (χ1n) is 5.05. The van der Waals surface area contributed by atoms with Crippen LogP contribution in [0.1, 0.15) is 20.8 Å². The minimum absolute atomic E-state index is 0.0297. The van der Waals surface area contributed by atoms with E-state index in [0.29, 0.717) is 0 Å². The molecule has 0 saturated carbocycles. The van der Waals surface area contributed by atoms with Gasteiger partial charge in [-0.3, -0.25) is 9.00 Å². The van der Waals surface area contributed by atoms with Crippen LogP contribution in [-0.2, 0) is 15.6 Å². The quantitative estimate of drug-likeness (QED) is 0.861. The third kappa shape index (κ3) is 3.45. The summed E-state index contributed by atoms with van der Waals surface area (Å²) in [5.74, 6) is -0.0297. The molecule has 0 saturated heterocycles. The molecule has 0 spiro atoms. The molecule has 0 aliphatic carbocycles. The zero-order valence-electron chi connectivity index (χ0n) is 10.0. The molecule has 88 valence electrons. The lowest BCUT2D eigenvalue weighted by Gasteiger charge is -2.17. The molecule has 1 aromatic carbocycles. The zero-order valence-corrected chi connectivity index (χ0v) is 10.9. The van der Waals surface area contributed by atoms with Crippen LogP contribution in [0.4, 0.5) is 5.69 Å². The Hall–Kier alpha value is -1.16. The first-order valence-corrected chi connectivity index (χ1v) is 6.61. The number of hydrogen-bond donors (Lipinski definition) is 1. The van der Waals surface area contributed by atoms with Crippen molar-refractivity contribution in [2.45, 2.75) is 25.7 Å². The average Bonchev–Trinajstić information content (AvgIpc) is 2.17. The minimum Gasteiger partial charge on any atom is -0.326 e. The Morgan fingerprint density at radius 1 is 1.19 bits per heavy atom. The van der Waals surface area contributed by atoms with E-state index in [1.807, 2.05) is 20.8 Å². The zero-order chi connectivity index (χ0) is 12.3. The number of carbonyl (C=O) groups excluding carboxylic acids is 1. The fourth-order valence-electron chi connectivity index (χ4n) is 1.05. The number of carbonyl (C=O) groups is 1. The fourth-order valence-corrected chi connectivity index (χ4v) is 1.57. The Labute approximate surface area is 98.7 Å². The van der Waals surface area contributed by atoms with E-state index in [1.165, 1.54) is 0 Å². The molecular formula is C12H17NO2S. The van der Waals surface area contributed by atoms with E-state index in [1.54, 1.807) is 30.5 Å². The van der Waals surface area contributed by atoms with Gasteiger partial charge in [0.05, 0.1) is 0 Å². The second kappa shape index (κ2) is 4.78. The van der Waals surface area contributed by atoms with Crippen LogP contribution >= 0.6 is 0 Å². The third-order valence-corrected chi connectivity index (χ3v) is 3.06. The molecule has 0 radical (unpaired) electrons. The lowest BCUT2D eigenvalue weighted by molar-refractivity contribution is -0.123. The van der Waals surface area contributed by atoms with E-state index in [2.05, 4.69) is 5.32 Å². The van der Waals surface area contributed by atoms with Gasteiger partial charge in [0.25, 0.3) is 0 Å². The minimum atomic E-state index is -0.980. The Bertz CT molecular complexity index is 404. The van der Waals surface area contributed by atoms with Crippen LogP contribution in [0, 0.1) is 5.41 Å². The molecule has 0 bridgehead atoms. The molecule has 0 aliphatic heterocycles. The lowest BCUT2D eigenvalue weighted by atomic mass is 9.95. The first kappa shape index (κ1) is 12.9. The van der Waals surface area contributed by atoms with Crippen LogP contribution in [0.5, 0.6) is 0 Å². The highest BCUT2D eigenvalue weighted by atomic mass is 32.2. The largest absolute Gasteiger partial charge is 0.326 e. The van der Waals surface area contributed by atoms with Gasteiger partial charge in [-0.25, -0.2) is 0 Å². The molecule has 0 unspecified atom stereocenters. The maximum absolute atomic E-state index is 11.7. The number of benzene rings is 1. The molecule has 1 amide bonds. The van der Waals surface area contributed by atoms with Gasteiger partial charge in [0.1, 0.15) is 0 Å². The van der Waals surface area contributed by atoms with Crippen LogP contribution in [0.25, 0.3) is 0 Å². The molecule has 4 heteroatoms. The van der Waals surface area contributed by atoms with E-state index >= 15 is 0 Å². The van der Waals surface area contributed by atoms with Gasteiger partial charge in [-0.05, 0) is 24.3 Å². The van der Waals surface area contributed by atoms with Crippen LogP contribution in [0.2, 0.25) is 0 Å². The summed E-state index contributed by atoms with van der Waals surface area (Å²) in [6.07, 6.45) is 1.63. The van der Waals surface area contributed by atoms with Crippen molar-refractivity contribution >= 4 is 22.4 Å². The molecule has 0 aromatic heterocycles. The Kier molecular flexibility index (Phi) is 3.86. The van der Waals surface area contributed by atoms with E-state index in [4.69, 9.17) is 0 Å². The van der Waals surface area contributed by atoms with E-state index in [9.17, 15) is 9.00 Å². The Balaban J connectivity index is 2.77. The van der Waals surface area contributed by atoms with Crippen LogP contribution in [0.15, 0.2) is 29.2 Å². The molecular weight excluding hydrogens is 222 g/mol. The third-order valence-electron chi connectivity index (χ3n) is 2.13. The van der Waals surface area contributed by atoms with Crippen molar-refractivity contribution in [3.05, 3.63) is 24.3 Å². The molecule has 1 rings (SSSR count). The second-order valence-electron chi connectivity index (χ2n) is 4.68. The van der Waals surface area contributed by atoms with Gasteiger partial charge in [0.2, 0.25) is 5.91 Å². The smallest absolute Gasteiger partial charge is 0.229 e. The Morgan fingerprint density at radius 2 is 1.69 bits per heavy atom. The number of hydrogen-bond acceptors (Lipinski definition) is 2. The van der Waals surface area contributed by atoms with Crippen molar-refractivity contribution in [2.75, 3.05) is 11.6 Å². The highest BCUT2D eigenvalue weighted by Gasteiger charge is 2.20. The summed E-state index contributed by atoms with van der Waals surface area (Å²) in [6, 6.07) is 7.05. The maximum Gasteiger partial charge on any atom is 0.229 e. The molecule has 0 fully saturated rings. The normalized spacial score (nSPS) is 13.2. The van der Waals surface area contributed by atoms with Crippen molar-refractivity contribution in [1.82, 2.24) is 0 Å². The summed E-state index contributed by atoms with van der Waals surface area (Å²) in [6.45, 7) is 5.58. The van der Waals surface area contributed by atoms with Gasteiger partial charge >= 0.3 is 0 Å². The van der Waals surface area contributed by atoms with Crippen LogP contribution < -0.4 is 5.32 Å². The fraction of sp³-hybridized carbons (Fsp3) is 0.417. The average molecular weight is 239 g/mol. The van der Waals surface area contributed by atoms with Gasteiger partial charge < -0.3 is 5.32 Å². The summed E-state index contributed by atoms with van der Waals surface area (Å²) in [4.78, 5) is 12.4. The van der Waals surface area contributed by atoms with E-state index in [0.717, 1.165) is 10.6 Å². The molecule has 1 N–H and O–H groups in total. The highest BCUT2D eigenvalue weighted by Crippen LogP contribution is 2.18. The van der Waals surface area contributed by atoms with E-state index < -0.39 is 16.2 Å². The molecule has 1 aromatic rings. The number of rotatable bonds is 2. The summed E-state index contributed by atoms with van der Waals surface area (Å²) in [7, 11) is -0.980. The van der Waals surface area contributed by atoms with Gasteiger partial charge in [0, 0.05) is 33.1 Å². The topological polar surface area (TPSA) is 46.2 Å². The first-order chi connectivity index (χ1) is 7.30. The summed E-state index contributed by atoms with van der Waals surface area (Å²) in [5, 5.41) is 2.81. The molecule has 0 heterocycles. The SMILES string of the molecule is C[S@](=O)c1ccc(NC(=O)C(C)(C)C)cc1. The van der Waals surface area contributed by atoms with Crippen molar-refractivity contribution < 1.29 is 9.00 Å². The number of nitrogens with one attached hydrogen (secondary N) is 1. The predicted octanol–water partition coefficient (Wildman–Crippen LogP) is 2.41. The Morgan fingerprint density at radius 3 is 2.06 bits per heavy atom. The van der Waals surface area contributed by atoms with Crippen molar-refractivity contribution in [2.24, 2.45) is 5.41 Å². The van der Waals surface area contributed by atoms with Crippen LogP contribution in [-0.4, -0.2) is 16.4 Å². The van der Waals surface area contributed by atoms with E-state index in [-0.39, 0.29) is 5.91 Å². The monoisotopic (exact) mass is 239 g/mol. The maximum atomic E-state index is 11.7. The standard InChI is InChI=1S/C12H17NO2S/c1-12(2,3)11(14)13-9-5-7-10(8-6-9)16(4)15/h5-8H,1-4H3,(H,13,14)/t16-/m0/s1. The lowest BCUT2D eigenvalue weighted by Crippen LogP contribution is -2.27. The molecule has 1 atom stereocenters. The summed E-state index contributed by atoms with van der Waals surface area (Å²) < 4.78 is 11.2. The van der Waals surface area contributed by atoms with Crippen molar-refractivity contribution in [3.63, 3.8) is 0 Å². The van der Waals surface area contributed by atoms with Gasteiger partial charge in [-0.2, -0.15) is 0 Å². The number of amides is 1. The highest BCUT2D eigenvalue weighted by molar-refractivity contribution is 7.84. The number of anilines is 1. The predicted molar refractivity (Wildman–Crippen MR) is 66.9 cm³/mol. The van der Waals surface area contributed by atoms with Crippen molar-refractivity contribution in [1.29, 1.82) is 0 Å². The summed E-state index contributed by atoms with van der Waals surface area (Å²) >= 11 is 0. The molecule has 0 aliphatic rings.